The van der Waals surface area contributed by atoms with Gasteiger partial charge in [0, 0.05) is 6.42 Å². The fraction of sp³-hybridized carbons (Fsp3) is 0.800. The molecule has 6 nitrogen and oxygen atoms in total. The summed E-state index contributed by atoms with van der Waals surface area (Å²) in [5.74, 6) is -0.190. The average Bonchev–Trinajstić information content (AvgIpc) is 3.03. The second kappa shape index (κ2) is 11.6. The second-order valence-corrected chi connectivity index (χ2v) is 9.74. The van der Waals surface area contributed by atoms with Crippen molar-refractivity contribution in [1.82, 2.24) is 0 Å². The Labute approximate surface area is 187 Å². The maximum Gasteiger partial charge on any atom is 0.309 e. The standard InChI is InChI=1S/C25H40O6/c1-4-5-10-13-20-15-16-21(29-28-20)14-11-8-6-7-9-12-17-24(2)19-25(3)22(30-31-24)18-23(26)27-25/h10,13,15-16,20-22H,4-9,11-12,14,17-19H2,1-3H3/b13-10-/t20-,21-,22+,24+,25+/m1/s1. The van der Waals surface area contributed by atoms with E-state index in [1.54, 1.807) is 0 Å². The van der Waals surface area contributed by atoms with E-state index in [1.807, 2.05) is 6.92 Å². The van der Waals surface area contributed by atoms with Crippen LogP contribution >= 0.6 is 0 Å². The molecule has 3 rings (SSSR count). The zero-order valence-corrected chi connectivity index (χ0v) is 19.5. The second-order valence-electron chi connectivity index (χ2n) is 9.74. The Hall–Kier alpha value is -1.21. The van der Waals surface area contributed by atoms with Crippen LogP contribution < -0.4 is 0 Å². The molecule has 176 valence electrons. The Bertz CT molecular complexity index is 632. The van der Waals surface area contributed by atoms with Crippen molar-refractivity contribution in [3.8, 4) is 0 Å². The Kier molecular flexibility index (Phi) is 9.14. The summed E-state index contributed by atoms with van der Waals surface area (Å²) < 4.78 is 5.53. The highest BCUT2D eigenvalue weighted by Gasteiger charge is 2.55. The first-order valence-corrected chi connectivity index (χ1v) is 12.2. The largest absolute Gasteiger partial charge is 0.456 e. The molecular formula is C25H40O6. The average molecular weight is 437 g/mol. The van der Waals surface area contributed by atoms with Crippen molar-refractivity contribution in [2.45, 2.75) is 127 Å². The fourth-order valence-corrected chi connectivity index (χ4v) is 4.72. The van der Waals surface area contributed by atoms with Crippen LogP contribution in [0.25, 0.3) is 0 Å². The molecule has 3 aliphatic rings. The first-order valence-electron chi connectivity index (χ1n) is 12.2. The zero-order valence-electron chi connectivity index (χ0n) is 19.5. The third-order valence-electron chi connectivity index (χ3n) is 6.50. The van der Waals surface area contributed by atoms with E-state index in [2.05, 4.69) is 38.2 Å². The Balaban J connectivity index is 1.21. The van der Waals surface area contributed by atoms with Crippen LogP contribution in [0.15, 0.2) is 24.3 Å². The molecule has 0 spiro atoms. The maximum atomic E-state index is 11.6. The van der Waals surface area contributed by atoms with Crippen LogP contribution in [0.5, 0.6) is 0 Å². The van der Waals surface area contributed by atoms with Gasteiger partial charge in [0.25, 0.3) is 0 Å². The Morgan fingerprint density at radius 2 is 1.81 bits per heavy atom. The zero-order chi connectivity index (χ0) is 22.2. The summed E-state index contributed by atoms with van der Waals surface area (Å²) in [6.07, 6.45) is 20.4. The maximum absolute atomic E-state index is 11.6. The molecule has 5 atom stereocenters. The summed E-state index contributed by atoms with van der Waals surface area (Å²) >= 11 is 0. The molecule has 0 aliphatic carbocycles. The number of allylic oxidation sites excluding steroid dienone is 1. The smallest absolute Gasteiger partial charge is 0.309 e. The molecule has 2 saturated heterocycles. The first kappa shape index (κ1) is 24.4. The van der Waals surface area contributed by atoms with E-state index in [4.69, 9.17) is 24.3 Å². The lowest BCUT2D eigenvalue weighted by atomic mass is 9.82. The molecule has 31 heavy (non-hydrogen) atoms. The van der Waals surface area contributed by atoms with Gasteiger partial charge in [-0.15, -0.1) is 0 Å². The number of carbonyl (C=O) groups is 1. The van der Waals surface area contributed by atoms with E-state index in [1.165, 1.54) is 25.7 Å². The molecule has 0 saturated carbocycles. The molecule has 6 heteroatoms. The van der Waals surface area contributed by atoms with E-state index >= 15 is 0 Å². The minimum absolute atomic E-state index is 0.0441. The summed E-state index contributed by atoms with van der Waals surface area (Å²) in [5.41, 5.74) is -0.931. The van der Waals surface area contributed by atoms with E-state index in [9.17, 15) is 4.79 Å². The lowest BCUT2D eigenvalue weighted by Crippen LogP contribution is -2.51. The predicted octanol–water partition coefficient (Wildman–Crippen LogP) is 5.90. The lowest BCUT2D eigenvalue weighted by molar-refractivity contribution is -0.428. The van der Waals surface area contributed by atoms with Crippen LogP contribution in [0, 0.1) is 0 Å². The van der Waals surface area contributed by atoms with Gasteiger partial charge in [0.1, 0.15) is 29.5 Å². The number of carbonyl (C=O) groups excluding carboxylic acids is 1. The summed E-state index contributed by atoms with van der Waals surface area (Å²) in [6, 6.07) is 0. The van der Waals surface area contributed by atoms with E-state index in [0.717, 1.165) is 38.5 Å². The van der Waals surface area contributed by atoms with Crippen molar-refractivity contribution >= 4 is 5.97 Å². The van der Waals surface area contributed by atoms with Gasteiger partial charge in [-0.1, -0.05) is 76.2 Å². The van der Waals surface area contributed by atoms with Gasteiger partial charge < -0.3 is 4.74 Å². The molecule has 0 radical (unpaired) electrons. The minimum atomic E-state index is -0.546. The molecule has 0 N–H and O–H groups in total. The summed E-state index contributed by atoms with van der Waals surface area (Å²) in [7, 11) is 0. The molecule has 0 bridgehead atoms. The first-order chi connectivity index (χ1) is 14.9. The van der Waals surface area contributed by atoms with Crippen LogP contribution in [-0.4, -0.2) is 35.5 Å². The molecule has 0 aromatic carbocycles. The number of fused-ring (bicyclic) bond motifs is 1. The van der Waals surface area contributed by atoms with Crippen LogP contribution in [0.2, 0.25) is 0 Å². The molecule has 3 aliphatic heterocycles. The lowest BCUT2D eigenvalue weighted by Gasteiger charge is -2.43. The molecule has 0 unspecified atom stereocenters. The summed E-state index contributed by atoms with van der Waals surface area (Å²) in [6.45, 7) is 6.19. The quantitative estimate of drug-likeness (QED) is 0.164. The molecule has 2 fully saturated rings. The normalized spacial score (nSPS) is 35.5. The molecule has 0 amide bonds. The number of hydrogen-bond acceptors (Lipinski definition) is 6. The van der Waals surface area contributed by atoms with Gasteiger partial charge in [-0.05, 0) is 33.1 Å². The molecule has 3 heterocycles. The minimum Gasteiger partial charge on any atom is -0.456 e. The predicted molar refractivity (Wildman–Crippen MR) is 118 cm³/mol. The highest BCUT2D eigenvalue weighted by atomic mass is 17.2. The molecule has 0 aromatic rings. The Morgan fingerprint density at radius 3 is 2.55 bits per heavy atom. The van der Waals surface area contributed by atoms with Gasteiger partial charge in [-0.3, -0.25) is 4.79 Å². The Morgan fingerprint density at radius 1 is 1.03 bits per heavy atom. The van der Waals surface area contributed by atoms with Gasteiger partial charge in [0.05, 0.1) is 6.42 Å². The van der Waals surface area contributed by atoms with E-state index in [0.29, 0.717) is 6.42 Å². The van der Waals surface area contributed by atoms with Crippen LogP contribution in [0.1, 0.15) is 97.8 Å². The van der Waals surface area contributed by atoms with Gasteiger partial charge in [0.15, 0.2) is 0 Å². The third kappa shape index (κ3) is 7.41. The van der Waals surface area contributed by atoms with Crippen LogP contribution in [-0.2, 0) is 29.1 Å². The highest BCUT2D eigenvalue weighted by Crippen LogP contribution is 2.44. The highest BCUT2D eigenvalue weighted by molar-refractivity contribution is 5.73. The van der Waals surface area contributed by atoms with Crippen molar-refractivity contribution in [3.05, 3.63) is 24.3 Å². The van der Waals surface area contributed by atoms with Gasteiger partial charge in [-0.2, -0.15) is 0 Å². The number of ether oxygens (including phenoxy) is 1. The van der Waals surface area contributed by atoms with Gasteiger partial charge in [0.2, 0.25) is 0 Å². The van der Waals surface area contributed by atoms with Crippen LogP contribution in [0.4, 0.5) is 0 Å². The number of esters is 1. The van der Waals surface area contributed by atoms with Crippen molar-refractivity contribution in [1.29, 1.82) is 0 Å². The molecule has 0 aromatic heterocycles. The summed E-state index contributed by atoms with van der Waals surface area (Å²) in [5, 5.41) is 0. The van der Waals surface area contributed by atoms with Crippen molar-refractivity contribution in [3.63, 3.8) is 0 Å². The topological polar surface area (TPSA) is 63.2 Å². The van der Waals surface area contributed by atoms with Crippen molar-refractivity contribution in [2.75, 3.05) is 0 Å². The third-order valence-corrected chi connectivity index (χ3v) is 6.50. The van der Waals surface area contributed by atoms with Crippen molar-refractivity contribution < 1.29 is 29.1 Å². The fourth-order valence-electron chi connectivity index (χ4n) is 4.72. The molecular weight excluding hydrogens is 396 g/mol. The SMILES string of the molecule is CCC/C=C\[C@@H]1C=C[C@@H](CCCCCCCC[C@@]2(C)C[C@]3(C)OC(=O)C[C@@H]3OO2)OO1. The summed E-state index contributed by atoms with van der Waals surface area (Å²) in [4.78, 5) is 33.7. The number of hydrogen-bond donors (Lipinski definition) is 0. The number of unbranched alkanes of at least 4 members (excludes halogenated alkanes) is 6. The number of rotatable bonds is 12. The van der Waals surface area contributed by atoms with E-state index < -0.39 is 5.60 Å². The van der Waals surface area contributed by atoms with Gasteiger partial charge >= 0.3 is 5.97 Å². The monoisotopic (exact) mass is 436 g/mol. The van der Waals surface area contributed by atoms with E-state index in [-0.39, 0.29) is 36.3 Å². The van der Waals surface area contributed by atoms with Gasteiger partial charge in [-0.25, -0.2) is 19.6 Å². The van der Waals surface area contributed by atoms with Crippen LogP contribution in [0.3, 0.4) is 0 Å². The van der Waals surface area contributed by atoms with Crippen molar-refractivity contribution in [2.24, 2.45) is 0 Å².